The Balaban J connectivity index is 2.13. The zero-order valence-electron chi connectivity index (χ0n) is 14.9. The van der Waals surface area contributed by atoms with Gasteiger partial charge in [0.2, 0.25) is 0 Å². The lowest BCUT2D eigenvalue weighted by molar-refractivity contribution is -0.384. The van der Waals surface area contributed by atoms with Crippen LogP contribution >= 0.6 is 0 Å². The molecule has 7 heteroatoms. The first-order valence-corrected chi connectivity index (χ1v) is 8.35. The van der Waals surface area contributed by atoms with E-state index in [0.29, 0.717) is 17.0 Å². The summed E-state index contributed by atoms with van der Waals surface area (Å²) in [5.74, 6) is -0.589. The second-order valence-electron chi connectivity index (χ2n) is 5.85. The minimum Gasteiger partial charge on any atom is -0.461 e. The maximum absolute atomic E-state index is 12.3. The average Bonchev–Trinajstić information content (AvgIpc) is 2.68. The molecule has 0 radical (unpaired) electrons. The summed E-state index contributed by atoms with van der Waals surface area (Å²) < 4.78 is 5.07. The number of rotatable bonds is 5. The summed E-state index contributed by atoms with van der Waals surface area (Å²) >= 11 is 0. The second kappa shape index (κ2) is 7.74. The monoisotopic (exact) mass is 363 g/mol. The molecule has 27 heavy (non-hydrogen) atoms. The number of aromatic nitrogens is 2. The minimum absolute atomic E-state index is 0.0424. The molecule has 3 rings (SSSR count). The van der Waals surface area contributed by atoms with Gasteiger partial charge in [-0.3, -0.25) is 10.1 Å². The number of aryl methyl sites for hydroxylation is 1. The van der Waals surface area contributed by atoms with Crippen LogP contribution in [0, 0.1) is 17.0 Å². The maximum Gasteiger partial charge on any atom is 0.359 e. The van der Waals surface area contributed by atoms with Crippen molar-refractivity contribution in [1.82, 2.24) is 9.97 Å². The number of carbonyl (C=O) groups excluding carboxylic acids is 1. The van der Waals surface area contributed by atoms with Gasteiger partial charge >= 0.3 is 5.97 Å². The van der Waals surface area contributed by atoms with Crippen LogP contribution in [0.5, 0.6) is 0 Å². The zero-order chi connectivity index (χ0) is 19.4. The molecule has 136 valence electrons. The SMILES string of the molecule is CCOC(=O)c1ncc(-c2cccc(C)c2)nc1-c1ccc([N+](=O)[O-])cc1. The van der Waals surface area contributed by atoms with Gasteiger partial charge in [0.25, 0.3) is 5.69 Å². The van der Waals surface area contributed by atoms with E-state index in [1.54, 1.807) is 19.1 Å². The van der Waals surface area contributed by atoms with E-state index in [9.17, 15) is 14.9 Å². The van der Waals surface area contributed by atoms with Gasteiger partial charge in [0.15, 0.2) is 5.69 Å². The van der Waals surface area contributed by atoms with E-state index < -0.39 is 10.9 Å². The highest BCUT2D eigenvalue weighted by molar-refractivity contribution is 5.94. The Bertz CT molecular complexity index is 1000. The number of nitro benzene ring substituents is 1. The Morgan fingerprint density at radius 1 is 1.15 bits per heavy atom. The van der Waals surface area contributed by atoms with E-state index in [4.69, 9.17) is 4.74 Å². The molecule has 3 aromatic rings. The van der Waals surface area contributed by atoms with Gasteiger partial charge in [-0.15, -0.1) is 0 Å². The largest absolute Gasteiger partial charge is 0.461 e. The molecule has 0 aliphatic rings. The Hall–Kier alpha value is -3.61. The van der Waals surface area contributed by atoms with Crippen molar-refractivity contribution in [2.24, 2.45) is 0 Å². The molecule has 0 saturated heterocycles. The number of hydrogen-bond donors (Lipinski definition) is 0. The van der Waals surface area contributed by atoms with E-state index in [2.05, 4.69) is 9.97 Å². The molecule has 0 fully saturated rings. The summed E-state index contributed by atoms with van der Waals surface area (Å²) in [7, 11) is 0. The first-order valence-electron chi connectivity index (χ1n) is 8.35. The van der Waals surface area contributed by atoms with E-state index in [-0.39, 0.29) is 18.0 Å². The normalized spacial score (nSPS) is 10.4. The summed E-state index contributed by atoms with van der Waals surface area (Å²) in [6.45, 7) is 3.89. The van der Waals surface area contributed by atoms with Crippen molar-refractivity contribution in [3.8, 4) is 22.5 Å². The number of non-ortho nitro benzene ring substituents is 1. The molecule has 2 aromatic carbocycles. The fraction of sp³-hybridized carbons (Fsp3) is 0.150. The number of nitrogens with zero attached hydrogens (tertiary/aromatic N) is 3. The van der Waals surface area contributed by atoms with Crippen molar-refractivity contribution in [2.45, 2.75) is 13.8 Å². The van der Waals surface area contributed by atoms with Crippen LogP contribution in [0.3, 0.4) is 0 Å². The van der Waals surface area contributed by atoms with Crippen LogP contribution in [0.15, 0.2) is 54.7 Å². The second-order valence-corrected chi connectivity index (χ2v) is 5.85. The molecular formula is C20H17N3O4. The third kappa shape index (κ3) is 3.98. The molecule has 0 saturated carbocycles. The lowest BCUT2D eigenvalue weighted by Gasteiger charge is -2.10. The Morgan fingerprint density at radius 2 is 1.89 bits per heavy atom. The third-order valence-electron chi connectivity index (χ3n) is 3.91. The quantitative estimate of drug-likeness (QED) is 0.383. The van der Waals surface area contributed by atoms with Crippen LogP contribution in [-0.2, 0) is 4.74 Å². The highest BCUT2D eigenvalue weighted by Crippen LogP contribution is 2.27. The Kier molecular flexibility index (Phi) is 5.21. The molecule has 0 atom stereocenters. The molecule has 1 aromatic heterocycles. The van der Waals surface area contributed by atoms with Crippen molar-refractivity contribution in [3.63, 3.8) is 0 Å². The summed E-state index contributed by atoms with van der Waals surface area (Å²) in [6, 6.07) is 13.6. The van der Waals surface area contributed by atoms with E-state index in [1.807, 2.05) is 31.2 Å². The molecule has 0 aliphatic heterocycles. The number of benzene rings is 2. The molecular weight excluding hydrogens is 346 g/mol. The fourth-order valence-corrected chi connectivity index (χ4v) is 2.62. The van der Waals surface area contributed by atoms with Crippen molar-refractivity contribution in [1.29, 1.82) is 0 Å². The van der Waals surface area contributed by atoms with Crippen molar-refractivity contribution >= 4 is 11.7 Å². The zero-order valence-corrected chi connectivity index (χ0v) is 14.9. The van der Waals surface area contributed by atoms with Crippen LogP contribution in [0.1, 0.15) is 23.0 Å². The predicted octanol–water partition coefficient (Wildman–Crippen LogP) is 4.20. The smallest absolute Gasteiger partial charge is 0.359 e. The number of carbonyl (C=O) groups is 1. The summed E-state index contributed by atoms with van der Waals surface area (Å²) in [5.41, 5.74) is 3.43. The molecule has 0 N–H and O–H groups in total. The first kappa shape index (κ1) is 18.2. The van der Waals surface area contributed by atoms with Crippen LogP contribution < -0.4 is 0 Å². The Labute approximate surface area is 155 Å². The van der Waals surface area contributed by atoms with E-state index in [0.717, 1.165) is 11.1 Å². The van der Waals surface area contributed by atoms with Gasteiger partial charge in [-0.05, 0) is 32.0 Å². The fourth-order valence-electron chi connectivity index (χ4n) is 2.62. The third-order valence-corrected chi connectivity index (χ3v) is 3.91. The molecule has 7 nitrogen and oxygen atoms in total. The average molecular weight is 363 g/mol. The van der Waals surface area contributed by atoms with Gasteiger partial charge in [-0.1, -0.05) is 23.8 Å². The van der Waals surface area contributed by atoms with Crippen molar-refractivity contribution < 1.29 is 14.5 Å². The summed E-state index contributed by atoms with van der Waals surface area (Å²) in [6.07, 6.45) is 1.52. The maximum atomic E-state index is 12.3. The van der Waals surface area contributed by atoms with Gasteiger partial charge in [-0.25, -0.2) is 14.8 Å². The summed E-state index contributed by atoms with van der Waals surface area (Å²) in [4.78, 5) is 31.6. The van der Waals surface area contributed by atoms with Crippen LogP contribution in [0.25, 0.3) is 22.5 Å². The van der Waals surface area contributed by atoms with Gasteiger partial charge < -0.3 is 4.74 Å². The van der Waals surface area contributed by atoms with Gasteiger partial charge in [0.05, 0.1) is 23.4 Å². The highest BCUT2D eigenvalue weighted by atomic mass is 16.6. The number of esters is 1. The van der Waals surface area contributed by atoms with E-state index in [1.165, 1.54) is 18.3 Å². The highest BCUT2D eigenvalue weighted by Gasteiger charge is 2.19. The number of hydrogen-bond acceptors (Lipinski definition) is 6. The standard InChI is InChI=1S/C20H17N3O4/c1-3-27-20(24)19-18(14-7-9-16(10-8-14)23(25)26)22-17(12-21-19)15-6-4-5-13(2)11-15/h4-12H,3H2,1-2H3. The lowest BCUT2D eigenvalue weighted by atomic mass is 10.1. The number of ether oxygens (including phenoxy) is 1. The summed E-state index contributed by atoms with van der Waals surface area (Å²) in [5, 5.41) is 10.9. The molecule has 0 spiro atoms. The van der Waals surface area contributed by atoms with Crippen LogP contribution in [0.2, 0.25) is 0 Å². The molecule has 0 amide bonds. The minimum atomic E-state index is -0.589. The van der Waals surface area contributed by atoms with E-state index >= 15 is 0 Å². The number of nitro groups is 1. The van der Waals surface area contributed by atoms with Gasteiger partial charge in [0, 0.05) is 23.3 Å². The van der Waals surface area contributed by atoms with Crippen molar-refractivity contribution in [3.05, 3.63) is 76.1 Å². The molecule has 1 heterocycles. The van der Waals surface area contributed by atoms with Crippen LogP contribution in [-0.4, -0.2) is 27.5 Å². The lowest BCUT2D eigenvalue weighted by Crippen LogP contribution is -2.10. The molecule has 0 unspecified atom stereocenters. The van der Waals surface area contributed by atoms with Crippen molar-refractivity contribution in [2.75, 3.05) is 6.61 Å². The predicted molar refractivity (Wildman–Crippen MR) is 100 cm³/mol. The van der Waals surface area contributed by atoms with Gasteiger partial charge in [0.1, 0.15) is 5.69 Å². The van der Waals surface area contributed by atoms with Gasteiger partial charge in [-0.2, -0.15) is 0 Å². The molecule has 0 bridgehead atoms. The van der Waals surface area contributed by atoms with Crippen LogP contribution in [0.4, 0.5) is 5.69 Å². The topological polar surface area (TPSA) is 95.2 Å². The Morgan fingerprint density at radius 3 is 2.52 bits per heavy atom. The first-order chi connectivity index (χ1) is 13.0. The molecule has 0 aliphatic carbocycles.